The number of carboxylic acids is 1. The number of carbonyl (C=O) groups is 1. The van der Waals surface area contributed by atoms with Crippen LogP contribution in [0.2, 0.25) is 0 Å². The van der Waals surface area contributed by atoms with Gasteiger partial charge < -0.3 is 10.2 Å². The maximum absolute atomic E-state index is 12.6. The summed E-state index contributed by atoms with van der Waals surface area (Å²) in [5.41, 5.74) is 1.07. The van der Waals surface area contributed by atoms with Gasteiger partial charge in [-0.15, -0.1) is 0 Å². The van der Waals surface area contributed by atoms with E-state index >= 15 is 0 Å². The summed E-state index contributed by atoms with van der Waals surface area (Å²) in [6.07, 6.45) is 10.8. The summed E-state index contributed by atoms with van der Waals surface area (Å²) in [5.74, 6) is 3.55. The number of allylic oxidation sites excluding steroid dienone is 1. The second-order valence-electron chi connectivity index (χ2n) is 13.2. The number of fused-ring (bicyclic) bond motifs is 7. The van der Waals surface area contributed by atoms with E-state index in [9.17, 15) is 15.0 Å². The first kappa shape index (κ1) is 22.0. The van der Waals surface area contributed by atoms with Gasteiger partial charge in [-0.1, -0.05) is 32.9 Å². The van der Waals surface area contributed by atoms with Gasteiger partial charge in [0.25, 0.3) is 0 Å². The zero-order valence-corrected chi connectivity index (χ0v) is 20.2. The molecule has 31 heavy (non-hydrogen) atoms. The molecule has 0 bridgehead atoms. The molecular weight excluding hydrogens is 384 g/mol. The van der Waals surface area contributed by atoms with Gasteiger partial charge >= 0.3 is 5.97 Å². The van der Waals surface area contributed by atoms with Crippen LogP contribution in [-0.4, -0.2) is 22.3 Å². The number of carboxylic acid groups (broad SMARTS) is 1. The average molecular weight is 429 g/mol. The monoisotopic (exact) mass is 428 g/mol. The molecule has 0 unspecified atom stereocenters. The van der Waals surface area contributed by atoms with E-state index in [0.29, 0.717) is 35.0 Å². The van der Waals surface area contributed by atoms with Crippen molar-refractivity contribution in [2.45, 2.75) is 98.0 Å². The Morgan fingerprint density at radius 1 is 0.871 bits per heavy atom. The van der Waals surface area contributed by atoms with Crippen molar-refractivity contribution in [1.29, 1.82) is 0 Å². The van der Waals surface area contributed by atoms with Crippen molar-refractivity contribution in [2.24, 2.45) is 57.7 Å². The van der Waals surface area contributed by atoms with E-state index in [-0.39, 0.29) is 11.5 Å². The predicted octanol–water partition coefficient (Wildman–Crippen LogP) is 6.31. The standard InChI is InChI=1S/C28H44O3/c1-16(2)17-10-14-28(25(30)31)15-11-18-19-7-9-22-26(3,4)23(29)12-13-27(22,5)21(19)8-6-20(18)24(17)28/h17-24,29H,1,6-15H2,2-5H3,(H,30,31)/t17-,18-,19-,20-,21-,22-,23+,24-,27+,28-/m0/s1. The summed E-state index contributed by atoms with van der Waals surface area (Å²) in [6, 6.07) is 0. The first-order valence-electron chi connectivity index (χ1n) is 13.1. The molecule has 0 aromatic rings. The molecule has 5 fully saturated rings. The molecule has 0 aromatic heterocycles. The van der Waals surface area contributed by atoms with Gasteiger partial charge in [-0.25, -0.2) is 0 Å². The Kier molecular flexibility index (Phi) is 5.02. The van der Waals surface area contributed by atoms with Crippen LogP contribution in [0, 0.1) is 57.7 Å². The minimum Gasteiger partial charge on any atom is -0.481 e. The normalized spacial score (nSPS) is 52.9. The zero-order chi connectivity index (χ0) is 22.3. The lowest BCUT2D eigenvalue weighted by atomic mass is 9.40. The first-order chi connectivity index (χ1) is 14.5. The molecule has 0 aliphatic heterocycles. The SMILES string of the molecule is C=C(C)[C@@H]1CC[C@]2(C(=O)O)CC[C@@H]3[C@H](CC[C@H]4[C@H]3CC[C@H]3C(C)(C)[C@H](O)CC[C@]43C)[C@H]12. The smallest absolute Gasteiger partial charge is 0.309 e. The Hall–Kier alpha value is -0.830. The molecule has 3 heteroatoms. The van der Waals surface area contributed by atoms with E-state index in [0.717, 1.165) is 50.4 Å². The van der Waals surface area contributed by atoms with E-state index in [1.54, 1.807) is 0 Å². The molecule has 5 aliphatic rings. The Bertz CT molecular complexity index is 770. The Labute approximate surface area is 189 Å². The predicted molar refractivity (Wildman–Crippen MR) is 123 cm³/mol. The Balaban J connectivity index is 1.47. The van der Waals surface area contributed by atoms with E-state index in [2.05, 4.69) is 34.3 Å². The largest absolute Gasteiger partial charge is 0.481 e. The van der Waals surface area contributed by atoms with E-state index < -0.39 is 11.4 Å². The molecule has 0 amide bonds. The number of aliphatic hydroxyl groups excluding tert-OH is 1. The Morgan fingerprint density at radius 2 is 1.55 bits per heavy atom. The van der Waals surface area contributed by atoms with Crippen LogP contribution in [0.3, 0.4) is 0 Å². The molecule has 5 saturated carbocycles. The lowest BCUT2D eigenvalue weighted by Gasteiger charge is -2.65. The second kappa shape index (κ2) is 7.08. The van der Waals surface area contributed by atoms with Crippen LogP contribution in [0.1, 0.15) is 91.9 Å². The van der Waals surface area contributed by atoms with Crippen molar-refractivity contribution in [2.75, 3.05) is 0 Å². The molecule has 5 rings (SSSR count). The van der Waals surface area contributed by atoms with Gasteiger partial charge in [-0.05, 0) is 123 Å². The number of hydrogen-bond donors (Lipinski definition) is 2. The number of aliphatic hydroxyl groups is 1. The van der Waals surface area contributed by atoms with Crippen molar-refractivity contribution >= 4 is 5.97 Å². The van der Waals surface area contributed by atoms with Gasteiger partial charge in [0.1, 0.15) is 0 Å². The molecule has 2 N–H and O–H groups in total. The molecule has 0 radical (unpaired) electrons. The average Bonchev–Trinajstić information content (AvgIpc) is 3.12. The third-order valence-corrected chi connectivity index (χ3v) is 12.0. The molecule has 3 nitrogen and oxygen atoms in total. The van der Waals surface area contributed by atoms with Gasteiger partial charge in [0.15, 0.2) is 0 Å². The van der Waals surface area contributed by atoms with Crippen molar-refractivity contribution in [3.05, 3.63) is 12.2 Å². The minimum atomic E-state index is -0.527. The lowest BCUT2D eigenvalue weighted by Crippen LogP contribution is -2.60. The third kappa shape index (κ3) is 2.83. The van der Waals surface area contributed by atoms with Gasteiger partial charge in [-0.3, -0.25) is 4.79 Å². The molecule has 0 saturated heterocycles. The van der Waals surface area contributed by atoms with Crippen LogP contribution in [0.4, 0.5) is 0 Å². The van der Waals surface area contributed by atoms with Gasteiger partial charge in [0.05, 0.1) is 11.5 Å². The van der Waals surface area contributed by atoms with Crippen LogP contribution in [0.15, 0.2) is 12.2 Å². The summed E-state index contributed by atoms with van der Waals surface area (Å²) in [6.45, 7) is 13.6. The number of hydrogen-bond acceptors (Lipinski definition) is 2. The highest BCUT2D eigenvalue weighted by Crippen LogP contribution is 2.70. The number of aliphatic carboxylic acids is 1. The van der Waals surface area contributed by atoms with Crippen LogP contribution >= 0.6 is 0 Å². The molecule has 0 spiro atoms. The van der Waals surface area contributed by atoms with Crippen LogP contribution in [0.25, 0.3) is 0 Å². The Morgan fingerprint density at radius 3 is 2.23 bits per heavy atom. The summed E-state index contributed by atoms with van der Waals surface area (Å²) in [5, 5.41) is 21.1. The third-order valence-electron chi connectivity index (χ3n) is 12.0. The minimum absolute atomic E-state index is 0.0103. The van der Waals surface area contributed by atoms with Gasteiger partial charge in [-0.2, -0.15) is 0 Å². The fourth-order valence-corrected chi connectivity index (χ4v) is 10.6. The highest BCUT2D eigenvalue weighted by Gasteiger charge is 2.65. The lowest BCUT2D eigenvalue weighted by molar-refractivity contribution is -0.188. The van der Waals surface area contributed by atoms with E-state index in [1.807, 2.05) is 0 Å². The van der Waals surface area contributed by atoms with Gasteiger partial charge in [0.2, 0.25) is 0 Å². The van der Waals surface area contributed by atoms with Crippen molar-refractivity contribution in [3.8, 4) is 0 Å². The van der Waals surface area contributed by atoms with E-state index in [4.69, 9.17) is 0 Å². The number of rotatable bonds is 2. The molecule has 0 heterocycles. The molecular formula is C28H44O3. The topological polar surface area (TPSA) is 57.5 Å². The maximum Gasteiger partial charge on any atom is 0.309 e. The summed E-state index contributed by atoms with van der Waals surface area (Å²) in [7, 11) is 0. The van der Waals surface area contributed by atoms with Crippen molar-refractivity contribution in [3.63, 3.8) is 0 Å². The van der Waals surface area contributed by atoms with Crippen LogP contribution in [0.5, 0.6) is 0 Å². The summed E-state index contributed by atoms with van der Waals surface area (Å²) < 4.78 is 0. The molecule has 0 aromatic carbocycles. The maximum atomic E-state index is 12.6. The summed E-state index contributed by atoms with van der Waals surface area (Å²) in [4.78, 5) is 12.6. The zero-order valence-electron chi connectivity index (χ0n) is 20.2. The first-order valence-corrected chi connectivity index (χ1v) is 13.1. The van der Waals surface area contributed by atoms with Crippen molar-refractivity contribution < 1.29 is 15.0 Å². The molecule has 5 aliphatic carbocycles. The highest BCUT2D eigenvalue weighted by atomic mass is 16.4. The second-order valence-corrected chi connectivity index (χ2v) is 13.2. The fraction of sp³-hybridized carbons (Fsp3) is 0.893. The van der Waals surface area contributed by atoms with Gasteiger partial charge in [0, 0.05) is 0 Å². The van der Waals surface area contributed by atoms with E-state index in [1.165, 1.54) is 31.3 Å². The van der Waals surface area contributed by atoms with Crippen LogP contribution in [-0.2, 0) is 4.79 Å². The quantitative estimate of drug-likeness (QED) is 0.507. The summed E-state index contributed by atoms with van der Waals surface area (Å²) >= 11 is 0. The highest BCUT2D eigenvalue weighted by molar-refractivity contribution is 5.76. The van der Waals surface area contributed by atoms with Crippen molar-refractivity contribution in [1.82, 2.24) is 0 Å². The molecule has 10 atom stereocenters. The molecule has 174 valence electrons. The fourth-order valence-electron chi connectivity index (χ4n) is 10.6. The van der Waals surface area contributed by atoms with Crippen LogP contribution < -0.4 is 0 Å².